The van der Waals surface area contributed by atoms with Crippen LogP contribution >= 0.6 is 8.25 Å². The molecule has 5 nitrogen and oxygen atoms in total. The molecule has 1 aromatic heterocycles. The van der Waals surface area contributed by atoms with Gasteiger partial charge in [-0.2, -0.15) is 0 Å². The molecular weight excluding hydrogens is 215 g/mol. The van der Waals surface area contributed by atoms with Crippen molar-refractivity contribution in [1.29, 1.82) is 0 Å². The molecular formula is C9H11N2O3P. The van der Waals surface area contributed by atoms with E-state index in [1.165, 1.54) is 0 Å². The molecule has 0 amide bonds. The van der Waals surface area contributed by atoms with Gasteiger partial charge in [0.2, 0.25) is 0 Å². The van der Waals surface area contributed by atoms with Crippen molar-refractivity contribution in [2.45, 2.75) is 0 Å². The Morgan fingerprint density at radius 2 is 1.80 bits per heavy atom. The first-order valence-corrected chi connectivity index (χ1v) is 5.42. The van der Waals surface area contributed by atoms with Gasteiger partial charge in [0.25, 0.3) is 0 Å². The predicted molar refractivity (Wildman–Crippen MR) is 59.6 cm³/mol. The molecule has 0 aliphatic heterocycles. The summed E-state index contributed by atoms with van der Waals surface area (Å²) in [7, 11) is -3.13. The van der Waals surface area contributed by atoms with E-state index in [-0.39, 0.29) is 0 Å². The fourth-order valence-corrected chi connectivity index (χ4v) is 1.13. The molecule has 0 fully saturated rings. The summed E-state index contributed by atoms with van der Waals surface area (Å²) in [6, 6.07) is 9.69. The van der Waals surface area contributed by atoms with Gasteiger partial charge in [-0.15, -0.1) is 0 Å². The van der Waals surface area contributed by atoms with E-state index in [0.29, 0.717) is 0 Å². The highest BCUT2D eigenvalue weighted by molar-refractivity contribution is 7.30. The highest BCUT2D eigenvalue weighted by Gasteiger charge is 1.94. The van der Waals surface area contributed by atoms with Crippen molar-refractivity contribution >= 4 is 24.8 Å². The van der Waals surface area contributed by atoms with Gasteiger partial charge in [-0.25, -0.2) is 0 Å². The van der Waals surface area contributed by atoms with Crippen molar-refractivity contribution < 1.29 is 14.4 Å². The fourth-order valence-electron chi connectivity index (χ4n) is 1.13. The Labute approximate surface area is 87.1 Å². The summed E-state index contributed by atoms with van der Waals surface area (Å²) < 4.78 is 8.74. The lowest BCUT2D eigenvalue weighted by Crippen LogP contribution is -1.87. The Bertz CT molecular complexity index is 466. The van der Waals surface area contributed by atoms with Crippen LogP contribution in [0.3, 0.4) is 0 Å². The maximum absolute atomic E-state index is 8.74. The van der Waals surface area contributed by atoms with Crippen molar-refractivity contribution in [2.24, 2.45) is 0 Å². The number of hydrogen-bond acceptors (Lipinski definition) is 3. The summed E-state index contributed by atoms with van der Waals surface area (Å²) >= 11 is 0. The number of nitrogens with two attached hydrogens (primary N) is 1. The van der Waals surface area contributed by atoms with Gasteiger partial charge in [-0.1, -0.05) is 18.2 Å². The smallest absolute Gasteiger partial charge is 0.314 e. The van der Waals surface area contributed by atoms with Gasteiger partial charge in [0.15, 0.2) is 0 Å². The Morgan fingerprint density at radius 3 is 2.40 bits per heavy atom. The van der Waals surface area contributed by atoms with E-state index in [1.54, 1.807) is 6.20 Å². The number of fused-ring (bicyclic) bond motifs is 1. The number of benzene rings is 1. The van der Waals surface area contributed by atoms with E-state index in [4.69, 9.17) is 20.1 Å². The van der Waals surface area contributed by atoms with Crippen LogP contribution in [0.4, 0.5) is 5.69 Å². The molecule has 1 aromatic carbocycles. The summed E-state index contributed by atoms with van der Waals surface area (Å²) in [4.78, 5) is 18.5. The minimum absolute atomic E-state index is 0.739. The van der Waals surface area contributed by atoms with Crippen molar-refractivity contribution in [3.63, 3.8) is 0 Å². The number of para-hydroxylation sites is 1. The van der Waals surface area contributed by atoms with Crippen LogP contribution in [0.5, 0.6) is 0 Å². The van der Waals surface area contributed by atoms with Gasteiger partial charge >= 0.3 is 8.25 Å². The summed E-state index contributed by atoms with van der Waals surface area (Å²) in [6.07, 6.45) is 1.75. The van der Waals surface area contributed by atoms with E-state index >= 15 is 0 Å². The second-order valence-electron chi connectivity index (χ2n) is 2.70. The van der Waals surface area contributed by atoms with E-state index in [1.807, 2.05) is 30.3 Å². The summed E-state index contributed by atoms with van der Waals surface area (Å²) in [5.41, 5.74) is 7.32. The van der Waals surface area contributed by atoms with Gasteiger partial charge in [0, 0.05) is 11.6 Å². The molecule has 4 N–H and O–H groups in total. The zero-order chi connectivity index (χ0) is 11.3. The molecule has 0 radical (unpaired) electrons. The molecule has 80 valence electrons. The molecule has 0 atom stereocenters. The third-order valence-corrected chi connectivity index (χ3v) is 1.66. The molecule has 2 rings (SSSR count). The second kappa shape index (κ2) is 5.46. The highest BCUT2D eigenvalue weighted by atomic mass is 31.1. The largest absolute Gasteiger partial charge is 0.397 e. The van der Waals surface area contributed by atoms with Crippen molar-refractivity contribution in [3.8, 4) is 0 Å². The fraction of sp³-hybridized carbons (Fsp3) is 0. The van der Waals surface area contributed by atoms with Crippen LogP contribution in [0.1, 0.15) is 0 Å². The first kappa shape index (κ1) is 11.7. The standard InChI is InChI=1S/C9H8N2.H3O3P/c10-8-5-1-3-7-4-2-6-11-9(7)8;1-4(2)3/h1-6H,10H2;4H,(H2,1,2,3). The summed E-state index contributed by atoms with van der Waals surface area (Å²) in [5, 5.41) is 1.09. The van der Waals surface area contributed by atoms with Gasteiger partial charge in [0.1, 0.15) is 0 Å². The van der Waals surface area contributed by atoms with Crippen LogP contribution in [0.2, 0.25) is 0 Å². The Balaban J connectivity index is 0.000000245. The number of rotatable bonds is 0. The highest BCUT2D eigenvalue weighted by Crippen LogP contribution is 2.16. The van der Waals surface area contributed by atoms with E-state index in [2.05, 4.69) is 4.98 Å². The van der Waals surface area contributed by atoms with Gasteiger partial charge in [0.05, 0.1) is 11.2 Å². The number of hydrogen-bond donors (Lipinski definition) is 3. The molecule has 0 spiro atoms. The molecule has 0 saturated heterocycles. The van der Waals surface area contributed by atoms with Crippen molar-refractivity contribution in [2.75, 3.05) is 5.73 Å². The van der Waals surface area contributed by atoms with E-state index in [9.17, 15) is 0 Å². The molecule has 15 heavy (non-hydrogen) atoms. The molecule has 1 heterocycles. The lowest BCUT2D eigenvalue weighted by molar-refractivity contribution is 0.405. The Morgan fingerprint density at radius 1 is 1.20 bits per heavy atom. The first-order chi connectivity index (χ1) is 7.11. The molecule has 0 aliphatic rings. The number of aromatic nitrogens is 1. The molecule has 0 bridgehead atoms. The normalized spacial score (nSPS) is 9.80. The molecule has 0 saturated carbocycles. The average molecular weight is 226 g/mol. The average Bonchev–Trinajstić information content (AvgIpc) is 2.18. The van der Waals surface area contributed by atoms with Crippen LogP contribution in [0.25, 0.3) is 10.9 Å². The van der Waals surface area contributed by atoms with Gasteiger partial charge in [-0.3, -0.25) is 9.55 Å². The van der Waals surface area contributed by atoms with Crippen LogP contribution in [0.15, 0.2) is 36.5 Å². The predicted octanol–water partition coefficient (Wildman–Crippen LogP) is 1.18. The number of nitrogen functional groups attached to an aromatic ring is 1. The van der Waals surface area contributed by atoms with Gasteiger partial charge < -0.3 is 15.5 Å². The van der Waals surface area contributed by atoms with Crippen LogP contribution in [-0.4, -0.2) is 14.8 Å². The van der Waals surface area contributed by atoms with E-state index in [0.717, 1.165) is 16.6 Å². The molecule has 0 unspecified atom stereocenters. The maximum atomic E-state index is 8.74. The number of pyridine rings is 1. The molecule has 0 aliphatic carbocycles. The zero-order valence-electron chi connectivity index (χ0n) is 7.79. The number of anilines is 1. The lowest BCUT2D eigenvalue weighted by atomic mass is 10.2. The monoisotopic (exact) mass is 226 g/mol. The Kier molecular flexibility index (Phi) is 4.24. The third kappa shape index (κ3) is 3.67. The summed E-state index contributed by atoms with van der Waals surface area (Å²) in [5.74, 6) is 0. The van der Waals surface area contributed by atoms with Crippen molar-refractivity contribution in [3.05, 3.63) is 36.5 Å². The van der Waals surface area contributed by atoms with Crippen LogP contribution < -0.4 is 5.73 Å². The molecule has 2 aromatic rings. The lowest BCUT2D eigenvalue weighted by Gasteiger charge is -1.97. The van der Waals surface area contributed by atoms with E-state index < -0.39 is 8.25 Å². The number of nitrogens with zero attached hydrogens (tertiary/aromatic N) is 1. The van der Waals surface area contributed by atoms with Crippen LogP contribution in [-0.2, 0) is 4.57 Å². The third-order valence-electron chi connectivity index (χ3n) is 1.66. The minimum Gasteiger partial charge on any atom is -0.397 e. The summed E-state index contributed by atoms with van der Waals surface area (Å²) in [6.45, 7) is 0. The topological polar surface area (TPSA) is 96.4 Å². The van der Waals surface area contributed by atoms with Gasteiger partial charge in [-0.05, 0) is 12.1 Å². The maximum Gasteiger partial charge on any atom is 0.314 e. The van der Waals surface area contributed by atoms with Crippen molar-refractivity contribution in [1.82, 2.24) is 4.98 Å². The second-order valence-corrected chi connectivity index (χ2v) is 3.27. The minimum atomic E-state index is -3.13. The zero-order valence-corrected chi connectivity index (χ0v) is 8.79. The molecule has 6 heteroatoms. The van der Waals surface area contributed by atoms with Crippen LogP contribution in [0, 0.1) is 0 Å². The Hall–Kier alpha value is -1.42. The quantitative estimate of drug-likeness (QED) is 0.463. The SMILES string of the molecule is Nc1cccc2cccnc12.O=[PH](O)O. The first-order valence-electron chi connectivity index (χ1n) is 4.12.